The lowest BCUT2D eigenvalue weighted by Gasteiger charge is -2.07. The minimum atomic E-state index is -1.18. The van der Waals surface area contributed by atoms with Gasteiger partial charge in [-0.15, -0.1) is 12.4 Å². The van der Waals surface area contributed by atoms with Crippen molar-refractivity contribution in [3.8, 4) is 0 Å². The molecule has 0 heterocycles. The summed E-state index contributed by atoms with van der Waals surface area (Å²) in [6.07, 6.45) is 0. The lowest BCUT2D eigenvalue weighted by molar-refractivity contribution is 0.228. The largest absolute Gasteiger partial charge is 0.328 e. The van der Waals surface area contributed by atoms with Crippen LogP contribution in [0.5, 0.6) is 0 Å². The van der Waals surface area contributed by atoms with Crippen LogP contribution in [0.3, 0.4) is 0 Å². The molecule has 7 heavy (non-hydrogen) atoms. The molecule has 0 aliphatic carbocycles. The number of nitrogens with two attached hydrogens (primary N) is 1. The van der Waals surface area contributed by atoms with Crippen LogP contribution >= 0.6 is 12.4 Å². The van der Waals surface area contributed by atoms with Gasteiger partial charge in [-0.2, -0.15) is 0 Å². The number of rotatable bonds is 1. The summed E-state index contributed by atoms with van der Waals surface area (Å²) in [5.74, 6) is 0. The molecule has 3 heteroatoms. The zero-order valence-electron chi connectivity index (χ0n) is 4.57. The van der Waals surface area contributed by atoms with Crippen molar-refractivity contribution in [2.24, 2.45) is 5.73 Å². The van der Waals surface area contributed by atoms with E-state index in [-0.39, 0.29) is 19.0 Å². The third kappa shape index (κ3) is 10.7. The summed E-state index contributed by atoms with van der Waals surface area (Å²) in [5, 5.41) is 0. The average Bonchev–Trinajstić information content (AvgIpc) is 1.35. The first-order valence-electron chi connectivity index (χ1n) is 1.95. The molecule has 0 atom stereocenters. The number of alkyl halides is 1. The van der Waals surface area contributed by atoms with Crippen molar-refractivity contribution in [2.75, 3.05) is 6.54 Å². The van der Waals surface area contributed by atoms with Gasteiger partial charge in [0.1, 0.15) is 5.67 Å². The van der Waals surface area contributed by atoms with Crippen LogP contribution in [0.15, 0.2) is 0 Å². The monoisotopic (exact) mass is 127 g/mol. The van der Waals surface area contributed by atoms with Gasteiger partial charge in [0.05, 0.1) is 0 Å². The van der Waals surface area contributed by atoms with Crippen LogP contribution in [0.2, 0.25) is 0 Å². The fourth-order valence-electron chi connectivity index (χ4n) is 0. The third-order valence-electron chi connectivity index (χ3n) is 0.485. The molecular weight excluding hydrogens is 117 g/mol. The number of hydrogen-bond acceptors (Lipinski definition) is 1. The second kappa shape index (κ2) is 3.22. The lowest BCUT2D eigenvalue weighted by Crippen LogP contribution is -2.24. The van der Waals surface area contributed by atoms with Crippen molar-refractivity contribution in [2.45, 2.75) is 19.5 Å². The van der Waals surface area contributed by atoms with Crippen molar-refractivity contribution < 1.29 is 4.39 Å². The smallest absolute Gasteiger partial charge is 0.117 e. The summed E-state index contributed by atoms with van der Waals surface area (Å²) in [5.41, 5.74) is 3.75. The van der Waals surface area contributed by atoms with E-state index in [0.717, 1.165) is 0 Å². The predicted octanol–water partition coefficient (Wildman–Crippen LogP) is 1.11. The Kier molecular flexibility index (Phi) is 4.70. The first-order chi connectivity index (χ1) is 2.56. The van der Waals surface area contributed by atoms with E-state index in [1.807, 2.05) is 0 Å². The van der Waals surface area contributed by atoms with Crippen LogP contribution in [-0.2, 0) is 0 Å². The van der Waals surface area contributed by atoms with Crippen molar-refractivity contribution >= 4 is 12.4 Å². The molecule has 0 fully saturated rings. The molecule has 0 spiro atoms. The molecule has 46 valence electrons. The maximum absolute atomic E-state index is 12.0. The van der Waals surface area contributed by atoms with Gasteiger partial charge in [-0.3, -0.25) is 0 Å². The van der Waals surface area contributed by atoms with Gasteiger partial charge in [-0.05, 0) is 13.8 Å². The maximum atomic E-state index is 12.0. The van der Waals surface area contributed by atoms with Gasteiger partial charge in [0.2, 0.25) is 0 Å². The molecule has 0 aromatic heterocycles. The van der Waals surface area contributed by atoms with Crippen LogP contribution in [0, 0.1) is 0 Å². The fraction of sp³-hybridized carbons (Fsp3) is 1.00. The van der Waals surface area contributed by atoms with Gasteiger partial charge >= 0.3 is 0 Å². The van der Waals surface area contributed by atoms with E-state index in [2.05, 4.69) is 0 Å². The molecule has 0 radical (unpaired) electrons. The van der Waals surface area contributed by atoms with Gasteiger partial charge in [-0.25, -0.2) is 4.39 Å². The van der Waals surface area contributed by atoms with E-state index in [4.69, 9.17) is 5.73 Å². The van der Waals surface area contributed by atoms with Crippen molar-refractivity contribution in [3.05, 3.63) is 0 Å². The lowest BCUT2D eigenvalue weighted by atomic mass is 10.2. The molecule has 0 saturated heterocycles. The topological polar surface area (TPSA) is 26.0 Å². The molecule has 0 amide bonds. The van der Waals surface area contributed by atoms with E-state index in [9.17, 15) is 4.39 Å². The van der Waals surface area contributed by atoms with Gasteiger partial charge in [0.25, 0.3) is 0 Å². The minimum Gasteiger partial charge on any atom is -0.328 e. The highest BCUT2D eigenvalue weighted by Crippen LogP contribution is 2.02. The third-order valence-corrected chi connectivity index (χ3v) is 0.485. The second-order valence-electron chi connectivity index (χ2n) is 1.92. The van der Waals surface area contributed by atoms with E-state index >= 15 is 0 Å². The Morgan fingerprint density at radius 2 is 1.71 bits per heavy atom. The Labute approximate surface area is 49.5 Å². The Balaban J connectivity index is 0. The highest BCUT2D eigenvalue weighted by molar-refractivity contribution is 5.85. The van der Waals surface area contributed by atoms with E-state index in [1.165, 1.54) is 13.8 Å². The van der Waals surface area contributed by atoms with E-state index in [0.29, 0.717) is 0 Å². The zero-order chi connectivity index (χ0) is 5.21. The van der Waals surface area contributed by atoms with Crippen LogP contribution in [0.25, 0.3) is 0 Å². The quantitative estimate of drug-likeness (QED) is 0.561. The zero-order valence-corrected chi connectivity index (χ0v) is 5.39. The fourth-order valence-corrected chi connectivity index (χ4v) is 0. The molecule has 0 unspecified atom stereocenters. The standard InChI is InChI=1S/C4H10FN.ClH/c1-4(2,5)3-6;/h3,6H2,1-2H3;1H. The maximum Gasteiger partial charge on any atom is 0.117 e. The molecule has 1 nitrogen and oxygen atoms in total. The van der Waals surface area contributed by atoms with Gasteiger partial charge in [-0.1, -0.05) is 0 Å². The molecule has 0 aromatic carbocycles. The van der Waals surface area contributed by atoms with Crippen LogP contribution in [0.1, 0.15) is 13.8 Å². The number of halogens is 2. The Morgan fingerprint density at radius 3 is 1.71 bits per heavy atom. The predicted molar refractivity (Wildman–Crippen MR) is 31.5 cm³/mol. The van der Waals surface area contributed by atoms with Crippen molar-refractivity contribution in [3.63, 3.8) is 0 Å². The molecule has 0 aromatic rings. The molecule has 0 rings (SSSR count). The number of hydrogen-bond donors (Lipinski definition) is 1. The van der Waals surface area contributed by atoms with E-state index in [1.54, 1.807) is 0 Å². The first-order valence-corrected chi connectivity index (χ1v) is 1.95. The SMILES string of the molecule is CC(C)(F)CN.Cl. The molecule has 0 bridgehead atoms. The second-order valence-corrected chi connectivity index (χ2v) is 1.92. The van der Waals surface area contributed by atoms with Crippen molar-refractivity contribution in [1.82, 2.24) is 0 Å². The van der Waals surface area contributed by atoms with Crippen LogP contribution in [-0.4, -0.2) is 12.2 Å². The molecule has 0 aliphatic heterocycles. The molecular formula is C4H11ClFN. The average molecular weight is 128 g/mol. The Hall–Kier alpha value is 0.180. The van der Waals surface area contributed by atoms with Crippen molar-refractivity contribution in [1.29, 1.82) is 0 Å². The van der Waals surface area contributed by atoms with Crippen LogP contribution < -0.4 is 5.73 Å². The summed E-state index contributed by atoms with van der Waals surface area (Å²) in [4.78, 5) is 0. The molecule has 0 aliphatic rings. The summed E-state index contributed by atoms with van der Waals surface area (Å²) in [7, 11) is 0. The summed E-state index contributed by atoms with van der Waals surface area (Å²) in [6.45, 7) is 3.01. The molecule has 0 saturated carbocycles. The summed E-state index contributed by atoms with van der Waals surface area (Å²) in [6, 6.07) is 0. The molecule has 2 N–H and O–H groups in total. The first kappa shape index (κ1) is 10.2. The highest BCUT2D eigenvalue weighted by Gasteiger charge is 2.09. The van der Waals surface area contributed by atoms with Gasteiger partial charge < -0.3 is 5.73 Å². The Bertz CT molecular complexity index is 41.4. The summed E-state index contributed by atoms with van der Waals surface area (Å²) >= 11 is 0. The van der Waals surface area contributed by atoms with Gasteiger partial charge in [0.15, 0.2) is 0 Å². The Morgan fingerprint density at radius 1 is 1.57 bits per heavy atom. The normalized spacial score (nSPS) is 10.3. The summed E-state index contributed by atoms with van der Waals surface area (Å²) < 4.78 is 12.0. The van der Waals surface area contributed by atoms with Gasteiger partial charge in [0, 0.05) is 6.54 Å². The minimum absolute atomic E-state index is 0. The highest BCUT2D eigenvalue weighted by atomic mass is 35.5. The van der Waals surface area contributed by atoms with Crippen LogP contribution in [0.4, 0.5) is 4.39 Å². The van der Waals surface area contributed by atoms with E-state index < -0.39 is 5.67 Å².